The molecule has 4 heteroatoms. The van der Waals surface area contributed by atoms with E-state index in [0.29, 0.717) is 16.9 Å². The smallest absolute Gasteiger partial charge is 0.238 e. The van der Waals surface area contributed by atoms with Crippen molar-refractivity contribution in [2.24, 2.45) is 0 Å². The molecule has 2 aromatic rings. The largest absolute Gasteiger partial charge is 0.437 e. The molecule has 2 rings (SSSR count). The van der Waals surface area contributed by atoms with Gasteiger partial charge >= 0.3 is 0 Å². The Morgan fingerprint density at radius 1 is 1.29 bits per heavy atom. The number of rotatable bonds is 5. The number of ether oxygens (including phenoxy) is 1. The van der Waals surface area contributed by atoms with Gasteiger partial charge in [-0.1, -0.05) is 37.6 Å². The summed E-state index contributed by atoms with van der Waals surface area (Å²) in [6.07, 6.45) is 1.79. The van der Waals surface area contributed by atoms with Crippen LogP contribution in [-0.2, 0) is 6.54 Å². The van der Waals surface area contributed by atoms with E-state index in [2.05, 4.69) is 37.1 Å². The van der Waals surface area contributed by atoms with E-state index in [0.717, 1.165) is 23.4 Å². The van der Waals surface area contributed by atoms with Gasteiger partial charge in [0.15, 0.2) is 0 Å². The van der Waals surface area contributed by atoms with Crippen molar-refractivity contribution in [3.8, 4) is 11.6 Å². The number of hydrogen-bond donors (Lipinski definition) is 1. The summed E-state index contributed by atoms with van der Waals surface area (Å²) in [7, 11) is 0. The Bertz CT molecular complexity index is 626. The van der Waals surface area contributed by atoms with Crippen molar-refractivity contribution in [1.82, 2.24) is 10.3 Å². The van der Waals surface area contributed by atoms with E-state index >= 15 is 0 Å². The van der Waals surface area contributed by atoms with Crippen molar-refractivity contribution in [3.63, 3.8) is 0 Å². The highest BCUT2D eigenvalue weighted by molar-refractivity contribution is 6.31. The summed E-state index contributed by atoms with van der Waals surface area (Å²) in [5, 5.41) is 3.86. The summed E-state index contributed by atoms with van der Waals surface area (Å²) in [5.74, 6) is 1.23. The van der Waals surface area contributed by atoms with E-state index in [-0.39, 0.29) is 0 Å². The number of hydrogen-bond acceptors (Lipinski definition) is 3. The summed E-state index contributed by atoms with van der Waals surface area (Å²) in [4.78, 5) is 4.33. The molecule has 1 aromatic heterocycles. The highest BCUT2D eigenvalue weighted by atomic mass is 35.5. The first kappa shape index (κ1) is 15.8. The predicted molar refractivity (Wildman–Crippen MR) is 87.2 cm³/mol. The van der Waals surface area contributed by atoms with Gasteiger partial charge in [0.1, 0.15) is 10.8 Å². The van der Waals surface area contributed by atoms with Gasteiger partial charge in [0, 0.05) is 18.8 Å². The minimum atomic E-state index is 0.426. The lowest BCUT2D eigenvalue weighted by molar-refractivity contribution is 0.458. The zero-order valence-electron chi connectivity index (χ0n) is 12.9. The molecular formula is C17H21ClN2O. The highest BCUT2D eigenvalue weighted by Crippen LogP contribution is 2.30. The summed E-state index contributed by atoms with van der Waals surface area (Å²) in [5.41, 5.74) is 3.32. The summed E-state index contributed by atoms with van der Waals surface area (Å²) in [6, 6.07) is 8.26. The molecule has 1 aromatic carbocycles. The average Bonchev–Trinajstić information content (AvgIpc) is 2.44. The first-order valence-corrected chi connectivity index (χ1v) is 7.47. The monoisotopic (exact) mass is 304 g/mol. The van der Waals surface area contributed by atoms with Gasteiger partial charge in [-0.3, -0.25) is 0 Å². The topological polar surface area (TPSA) is 34.1 Å². The van der Waals surface area contributed by atoms with Crippen LogP contribution in [0.4, 0.5) is 0 Å². The zero-order chi connectivity index (χ0) is 15.4. The molecule has 1 heterocycles. The van der Waals surface area contributed by atoms with Crippen molar-refractivity contribution in [2.45, 2.75) is 40.3 Å². The van der Waals surface area contributed by atoms with Crippen LogP contribution in [0, 0.1) is 13.8 Å². The zero-order valence-corrected chi connectivity index (χ0v) is 13.7. The van der Waals surface area contributed by atoms with Gasteiger partial charge in [-0.15, -0.1) is 0 Å². The molecule has 21 heavy (non-hydrogen) atoms. The second-order valence-corrected chi connectivity index (χ2v) is 5.87. The molecule has 0 aliphatic carbocycles. The summed E-state index contributed by atoms with van der Waals surface area (Å²) >= 11 is 6.27. The van der Waals surface area contributed by atoms with E-state index in [9.17, 15) is 0 Å². The SMILES string of the molecule is Cc1cccc(Oc2ncc(CNC(C)C)cc2Cl)c1C. The average molecular weight is 305 g/mol. The fourth-order valence-corrected chi connectivity index (χ4v) is 2.13. The van der Waals surface area contributed by atoms with Crippen molar-refractivity contribution in [3.05, 3.63) is 52.2 Å². The Balaban J connectivity index is 2.16. The van der Waals surface area contributed by atoms with Crippen molar-refractivity contribution in [1.29, 1.82) is 0 Å². The lowest BCUT2D eigenvalue weighted by atomic mass is 10.1. The van der Waals surface area contributed by atoms with E-state index in [4.69, 9.17) is 16.3 Å². The number of nitrogens with zero attached hydrogens (tertiary/aromatic N) is 1. The third kappa shape index (κ3) is 4.19. The molecule has 0 bridgehead atoms. The molecule has 0 radical (unpaired) electrons. The van der Waals surface area contributed by atoms with Gasteiger partial charge < -0.3 is 10.1 Å². The molecule has 0 aliphatic rings. The standard InChI is InChI=1S/C17H21ClN2O/c1-11(2)19-9-14-8-15(18)17(20-10-14)21-16-7-5-6-12(3)13(16)4/h5-8,10-11,19H,9H2,1-4H3. The summed E-state index contributed by atoms with van der Waals surface area (Å²) < 4.78 is 5.84. The fourth-order valence-electron chi connectivity index (χ4n) is 1.90. The van der Waals surface area contributed by atoms with Gasteiger partial charge in [0.25, 0.3) is 0 Å². The molecule has 0 unspecified atom stereocenters. The number of aromatic nitrogens is 1. The van der Waals surface area contributed by atoms with E-state index in [1.807, 2.05) is 25.1 Å². The molecule has 0 fully saturated rings. The third-order valence-electron chi connectivity index (χ3n) is 3.34. The minimum absolute atomic E-state index is 0.426. The van der Waals surface area contributed by atoms with Crippen molar-refractivity contribution < 1.29 is 4.74 Å². The lowest BCUT2D eigenvalue weighted by Crippen LogP contribution is -2.21. The first-order chi connectivity index (χ1) is 9.97. The fraction of sp³-hybridized carbons (Fsp3) is 0.353. The second kappa shape index (κ2) is 6.92. The predicted octanol–water partition coefficient (Wildman–Crippen LogP) is 4.64. The van der Waals surface area contributed by atoms with Crippen LogP contribution in [0.25, 0.3) is 0 Å². The Hall–Kier alpha value is -1.58. The minimum Gasteiger partial charge on any atom is -0.437 e. The molecule has 0 amide bonds. The van der Waals surface area contributed by atoms with Crippen molar-refractivity contribution in [2.75, 3.05) is 0 Å². The molecule has 0 aliphatic heterocycles. The highest BCUT2D eigenvalue weighted by Gasteiger charge is 2.09. The first-order valence-electron chi connectivity index (χ1n) is 7.09. The normalized spacial score (nSPS) is 11.0. The second-order valence-electron chi connectivity index (χ2n) is 5.47. The molecular weight excluding hydrogens is 284 g/mol. The van der Waals surface area contributed by atoms with E-state index in [1.165, 1.54) is 5.56 Å². The van der Waals surface area contributed by atoms with Crippen LogP contribution in [0.2, 0.25) is 5.02 Å². The van der Waals surface area contributed by atoms with E-state index < -0.39 is 0 Å². The van der Waals surface area contributed by atoms with Crippen molar-refractivity contribution >= 4 is 11.6 Å². The molecule has 112 valence electrons. The molecule has 0 saturated carbocycles. The van der Waals surface area contributed by atoms with Crippen LogP contribution < -0.4 is 10.1 Å². The third-order valence-corrected chi connectivity index (χ3v) is 3.61. The maximum Gasteiger partial charge on any atom is 0.238 e. The summed E-state index contributed by atoms with van der Waals surface area (Å²) in [6.45, 7) is 9.03. The quantitative estimate of drug-likeness (QED) is 0.873. The molecule has 3 nitrogen and oxygen atoms in total. The van der Waals surface area contributed by atoms with Crippen LogP contribution in [0.3, 0.4) is 0 Å². The number of pyridine rings is 1. The molecule has 0 spiro atoms. The Kier molecular flexibility index (Phi) is 5.21. The number of aryl methyl sites for hydroxylation is 1. The molecule has 0 atom stereocenters. The van der Waals surface area contributed by atoms with Crippen LogP contribution >= 0.6 is 11.6 Å². The number of benzene rings is 1. The maximum atomic E-state index is 6.27. The van der Waals surface area contributed by atoms with Gasteiger partial charge in [-0.2, -0.15) is 0 Å². The Morgan fingerprint density at radius 2 is 2.05 bits per heavy atom. The molecule has 1 N–H and O–H groups in total. The van der Waals surface area contributed by atoms with Gasteiger partial charge in [0.2, 0.25) is 5.88 Å². The Morgan fingerprint density at radius 3 is 2.71 bits per heavy atom. The van der Waals surface area contributed by atoms with E-state index in [1.54, 1.807) is 6.20 Å². The number of halogens is 1. The van der Waals surface area contributed by atoms with Crippen LogP contribution in [0.15, 0.2) is 30.5 Å². The molecule has 0 saturated heterocycles. The Labute approximate surface area is 131 Å². The van der Waals surface area contributed by atoms with Gasteiger partial charge in [0.05, 0.1) is 0 Å². The van der Waals surface area contributed by atoms with Gasteiger partial charge in [-0.05, 0) is 42.7 Å². The lowest BCUT2D eigenvalue weighted by Gasteiger charge is -2.12. The van der Waals surface area contributed by atoms with Crippen LogP contribution in [-0.4, -0.2) is 11.0 Å². The maximum absolute atomic E-state index is 6.27. The van der Waals surface area contributed by atoms with Crippen LogP contribution in [0.1, 0.15) is 30.5 Å². The van der Waals surface area contributed by atoms with Crippen LogP contribution in [0.5, 0.6) is 11.6 Å². The van der Waals surface area contributed by atoms with Gasteiger partial charge in [-0.25, -0.2) is 4.98 Å². The number of nitrogens with one attached hydrogen (secondary N) is 1.